The summed E-state index contributed by atoms with van der Waals surface area (Å²) >= 11 is 5.89. The minimum absolute atomic E-state index is 0.0838. The number of pyridine rings is 1. The first-order valence-electron chi connectivity index (χ1n) is 7.88. The third-order valence-electron chi connectivity index (χ3n) is 4.24. The van der Waals surface area contributed by atoms with Crippen molar-refractivity contribution in [2.24, 2.45) is 5.92 Å². The molecule has 1 aliphatic heterocycles. The summed E-state index contributed by atoms with van der Waals surface area (Å²) in [4.78, 5) is 16.9. The summed E-state index contributed by atoms with van der Waals surface area (Å²) in [5.41, 5.74) is 2.15. The molecule has 0 aliphatic carbocycles. The van der Waals surface area contributed by atoms with Gasteiger partial charge >= 0.3 is 0 Å². The molecule has 1 aromatic heterocycles. The first-order valence-corrected chi connectivity index (χ1v) is 8.25. The Labute approximate surface area is 141 Å². The zero-order chi connectivity index (χ0) is 16.1. The Morgan fingerprint density at radius 1 is 1.22 bits per heavy atom. The van der Waals surface area contributed by atoms with Crippen molar-refractivity contribution in [3.05, 3.63) is 64.9 Å². The van der Waals surface area contributed by atoms with E-state index in [1.807, 2.05) is 30.3 Å². The van der Waals surface area contributed by atoms with Crippen LogP contribution in [0.5, 0.6) is 0 Å². The molecule has 0 unspecified atom stereocenters. The van der Waals surface area contributed by atoms with Gasteiger partial charge in [-0.1, -0.05) is 41.9 Å². The maximum absolute atomic E-state index is 12.5. The van der Waals surface area contributed by atoms with Crippen molar-refractivity contribution in [2.45, 2.75) is 12.3 Å². The van der Waals surface area contributed by atoms with Crippen molar-refractivity contribution in [1.29, 1.82) is 0 Å². The number of nitrogens with one attached hydrogen (secondary N) is 2. The molecule has 2 N–H and O–H groups in total. The van der Waals surface area contributed by atoms with Crippen LogP contribution in [0.3, 0.4) is 0 Å². The highest BCUT2D eigenvalue weighted by molar-refractivity contribution is 6.30. The Balaban J connectivity index is 1.56. The van der Waals surface area contributed by atoms with E-state index < -0.39 is 0 Å². The van der Waals surface area contributed by atoms with Crippen molar-refractivity contribution < 1.29 is 4.79 Å². The minimum atomic E-state index is -0.0838. The molecule has 5 heteroatoms. The topological polar surface area (TPSA) is 54.0 Å². The number of aromatic nitrogens is 1. The van der Waals surface area contributed by atoms with Gasteiger partial charge in [0.2, 0.25) is 5.91 Å². The van der Waals surface area contributed by atoms with Gasteiger partial charge in [-0.15, -0.1) is 0 Å². The summed E-state index contributed by atoms with van der Waals surface area (Å²) in [6.07, 6.45) is 2.48. The van der Waals surface area contributed by atoms with Gasteiger partial charge in [-0.25, -0.2) is 0 Å². The summed E-state index contributed by atoms with van der Waals surface area (Å²) < 4.78 is 0. The predicted molar refractivity (Wildman–Crippen MR) is 91.5 cm³/mol. The zero-order valence-corrected chi connectivity index (χ0v) is 13.6. The summed E-state index contributed by atoms with van der Waals surface area (Å²) in [6, 6.07) is 13.9. The van der Waals surface area contributed by atoms with E-state index in [1.54, 1.807) is 6.20 Å². The predicted octanol–water partition coefficient (Wildman–Crippen LogP) is 2.40. The van der Waals surface area contributed by atoms with Gasteiger partial charge in [0.1, 0.15) is 0 Å². The van der Waals surface area contributed by atoms with Crippen LogP contribution in [0.25, 0.3) is 0 Å². The molecule has 1 fully saturated rings. The highest BCUT2D eigenvalue weighted by Gasteiger charge is 2.34. The molecule has 2 aromatic rings. The number of halogens is 1. The van der Waals surface area contributed by atoms with Gasteiger partial charge in [0.25, 0.3) is 0 Å². The van der Waals surface area contributed by atoms with Crippen LogP contribution in [-0.2, 0) is 11.2 Å². The van der Waals surface area contributed by atoms with Gasteiger partial charge in [-0.2, -0.15) is 0 Å². The minimum Gasteiger partial charge on any atom is -0.355 e. The third kappa shape index (κ3) is 4.09. The van der Waals surface area contributed by atoms with Crippen molar-refractivity contribution in [3.63, 3.8) is 0 Å². The second kappa shape index (κ2) is 7.57. The molecule has 1 aliphatic rings. The molecule has 2 heterocycles. The Bertz CT molecular complexity index is 645. The molecular weight excluding hydrogens is 310 g/mol. The molecule has 0 saturated carbocycles. The summed E-state index contributed by atoms with van der Waals surface area (Å²) in [5.74, 6) is 0.108. The molecule has 1 amide bonds. The van der Waals surface area contributed by atoms with E-state index >= 15 is 0 Å². The molecule has 2 atom stereocenters. The largest absolute Gasteiger partial charge is 0.355 e. The molecule has 4 nitrogen and oxygen atoms in total. The van der Waals surface area contributed by atoms with Gasteiger partial charge in [0.05, 0.1) is 10.9 Å². The fraction of sp³-hybridized carbons (Fsp3) is 0.333. The van der Waals surface area contributed by atoms with Crippen LogP contribution in [0.2, 0.25) is 5.02 Å². The average molecular weight is 330 g/mol. The molecule has 0 radical (unpaired) electrons. The monoisotopic (exact) mass is 329 g/mol. The lowest BCUT2D eigenvalue weighted by Gasteiger charge is -2.17. The molecule has 0 bridgehead atoms. The number of carbonyl (C=O) groups is 1. The van der Waals surface area contributed by atoms with E-state index in [4.69, 9.17) is 11.6 Å². The Morgan fingerprint density at radius 3 is 2.78 bits per heavy atom. The number of benzene rings is 1. The molecular formula is C18H20ClN3O. The van der Waals surface area contributed by atoms with E-state index in [9.17, 15) is 4.79 Å². The van der Waals surface area contributed by atoms with Crippen molar-refractivity contribution in [2.75, 3.05) is 19.6 Å². The highest BCUT2D eigenvalue weighted by atomic mass is 35.5. The van der Waals surface area contributed by atoms with Crippen LogP contribution in [0.4, 0.5) is 0 Å². The highest BCUT2D eigenvalue weighted by Crippen LogP contribution is 2.27. The maximum Gasteiger partial charge on any atom is 0.225 e. The van der Waals surface area contributed by atoms with Crippen LogP contribution in [0.15, 0.2) is 48.7 Å². The molecule has 1 aromatic carbocycles. The van der Waals surface area contributed by atoms with Crippen molar-refractivity contribution >= 4 is 17.5 Å². The lowest BCUT2D eigenvalue weighted by atomic mass is 9.91. The number of amides is 1. The fourth-order valence-corrected chi connectivity index (χ4v) is 3.09. The third-order valence-corrected chi connectivity index (χ3v) is 4.46. The van der Waals surface area contributed by atoms with Crippen LogP contribution < -0.4 is 10.6 Å². The first kappa shape index (κ1) is 16.0. The van der Waals surface area contributed by atoms with E-state index in [0.717, 1.165) is 18.7 Å². The number of hydrogen-bond acceptors (Lipinski definition) is 3. The van der Waals surface area contributed by atoms with E-state index in [2.05, 4.69) is 27.8 Å². The van der Waals surface area contributed by atoms with E-state index in [-0.39, 0.29) is 17.7 Å². The summed E-state index contributed by atoms with van der Waals surface area (Å²) in [6.45, 7) is 2.11. The normalized spacial score (nSPS) is 20.4. The van der Waals surface area contributed by atoms with Gasteiger partial charge < -0.3 is 10.6 Å². The lowest BCUT2D eigenvalue weighted by molar-refractivity contribution is -0.124. The smallest absolute Gasteiger partial charge is 0.225 e. The van der Waals surface area contributed by atoms with Gasteiger partial charge in [-0.05, 0) is 24.1 Å². The summed E-state index contributed by atoms with van der Waals surface area (Å²) in [7, 11) is 0. The van der Waals surface area contributed by atoms with Gasteiger partial charge in [0.15, 0.2) is 0 Å². The number of nitrogens with zero attached hydrogens (tertiary/aromatic N) is 1. The van der Waals surface area contributed by atoms with Crippen molar-refractivity contribution in [3.8, 4) is 0 Å². The molecule has 0 spiro atoms. The Morgan fingerprint density at radius 2 is 2.04 bits per heavy atom. The second-order valence-corrected chi connectivity index (χ2v) is 6.24. The molecule has 23 heavy (non-hydrogen) atoms. The number of hydrogen-bond donors (Lipinski definition) is 2. The molecule has 3 rings (SSSR count). The summed E-state index contributed by atoms with van der Waals surface area (Å²) in [5, 5.41) is 6.96. The first-order chi connectivity index (χ1) is 11.2. The van der Waals surface area contributed by atoms with E-state index in [0.29, 0.717) is 18.1 Å². The maximum atomic E-state index is 12.5. The quantitative estimate of drug-likeness (QED) is 0.885. The van der Waals surface area contributed by atoms with Crippen LogP contribution in [0, 0.1) is 5.92 Å². The van der Waals surface area contributed by atoms with Crippen LogP contribution in [-0.4, -0.2) is 30.5 Å². The van der Waals surface area contributed by atoms with Gasteiger partial charge in [0, 0.05) is 37.4 Å². The fourth-order valence-electron chi connectivity index (χ4n) is 2.98. The van der Waals surface area contributed by atoms with Crippen molar-refractivity contribution in [1.82, 2.24) is 15.6 Å². The second-order valence-electron chi connectivity index (χ2n) is 5.80. The van der Waals surface area contributed by atoms with Gasteiger partial charge in [-0.3, -0.25) is 9.78 Å². The standard InChI is InChI=1S/C18H20ClN3O/c19-14-6-7-17(22-10-14)15-11-20-12-16(15)18(23)21-9-8-13-4-2-1-3-5-13/h1-7,10,15-16,20H,8-9,11-12H2,(H,21,23)/t15-,16-/m1/s1. The van der Waals surface area contributed by atoms with Crippen LogP contribution >= 0.6 is 11.6 Å². The lowest BCUT2D eigenvalue weighted by Crippen LogP contribution is -2.35. The Hall–Kier alpha value is -1.91. The molecule has 1 saturated heterocycles. The zero-order valence-electron chi connectivity index (χ0n) is 12.8. The van der Waals surface area contributed by atoms with E-state index in [1.165, 1.54) is 5.56 Å². The SMILES string of the molecule is O=C(NCCc1ccccc1)[C@@H]1CNC[C@H]1c1ccc(Cl)cn1. The number of rotatable bonds is 5. The Kier molecular flexibility index (Phi) is 5.26. The number of carbonyl (C=O) groups excluding carboxylic acids is 1. The average Bonchev–Trinajstić information content (AvgIpc) is 3.06. The molecule has 120 valence electrons. The van der Waals surface area contributed by atoms with Crippen LogP contribution in [0.1, 0.15) is 17.2 Å².